The highest BCUT2D eigenvalue weighted by Gasteiger charge is 2.31. The molecule has 88 valence electrons. The summed E-state index contributed by atoms with van der Waals surface area (Å²) in [4.78, 5) is 2.29. The van der Waals surface area contributed by atoms with Gasteiger partial charge in [0.25, 0.3) is 0 Å². The van der Waals surface area contributed by atoms with Crippen molar-refractivity contribution < 1.29 is 5.11 Å². The van der Waals surface area contributed by atoms with E-state index in [1.807, 2.05) is 12.1 Å². The number of hydrogen-bond donors (Lipinski definition) is 1. The highest BCUT2D eigenvalue weighted by atomic mass is 79.9. The largest absolute Gasteiger partial charge is 0.392 e. The van der Waals surface area contributed by atoms with Crippen molar-refractivity contribution in [1.29, 1.82) is 0 Å². The molecule has 2 rings (SSSR count). The molecule has 1 aliphatic rings. The molecular weight excluding hydrogens is 266 g/mol. The van der Waals surface area contributed by atoms with Crippen LogP contribution in [0.25, 0.3) is 0 Å². The van der Waals surface area contributed by atoms with Gasteiger partial charge in [0.05, 0.1) is 6.61 Å². The van der Waals surface area contributed by atoms with E-state index in [2.05, 4.69) is 40.9 Å². The molecule has 1 atom stereocenters. The van der Waals surface area contributed by atoms with Gasteiger partial charge in [-0.25, -0.2) is 0 Å². The van der Waals surface area contributed by atoms with Gasteiger partial charge in [-0.05, 0) is 37.8 Å². The van der Waals surface area contributed by atoms with Crippen LogP contribution in [0, 0.1) is 5.92 Å². The van der Waals surface area contributed by atoms with E-state index < -0.39 is 0 Å². The van der Waals surface area contributed by atoms with Crippen molar-refractivity contribution in [2.75, 3.05) is 11.9 Å². The molecule has 1 saturated carbocycles. The van der Waals surface area contributed by atoms with Crippen LogP contribution >= 0.6 is 15.9 Å². The fraction of sp³-hybridized carbons (Fsp3) is 0.538. The number of rotatable bonds is 4. The van der Waals surface area contributed by atoms with E-state index in [1.54, 1.807) is 0 Å². The van der Waals surface area contributed by atoms with Crippen LogP contribution in [0.1, 0.15) is 25.3 Å². The first-order valence-corrected chi connectivity index (χ1v) is 6.55. The monoisotopic (exact) mass is 283 g/mol. The number of anilines is 1. The van der Waals surface area contributed by atoms with E-state index in [1.165, 1.54) is 12.8 Å². The molecule has 0 aromatic heterocycles. The third-order valence-corrected chi connectivity index (χ3v) is 4.01. The van der Waals surface area contributed by atoms with Crippen molar-refractivity contribution in [3.63, 3.8) is 0 Å². The summed E-state index contributed by atoms with van der Waals surface area (Å²) in [6, 6.07) is 6.60. The van der Waals surface area contributed by atoms with E-state index in [0.29, 0.717) is 6.04 Å². The molecule has 1 aromatic rings. The molecule has 3 heteroatoms. The Kier molecular flexibility index (Phi) is 3.55. The molecule has 2 nitrogen and oxygen atoms in total. The van der Waals surface area contributed by atoms with Gasteiger partial charge in [0.15, 0.2) is 0 Å². The van der Waals surface area contributed by atoms with Crippen LogP contribution in [0.2, 0.25) is 0 Å². The Labute approximate surface area is 105 Å². The van der Waals surface area contributed by atoms with Crippen molar-refractivity contribution in [2.24, 2.45) is 5.92 Å². The second kappa shape index (κ2) is 4.76. The maximum Gasteiger partial charge on any atom is 0.0702 e. The maximum absolute atomic E-state index is 9.35. The number of benzene rings is 1. The molecule has 0 heterocycles. The van der Waals surface area contributed by atoms with Crippen LogP contribution in [0.4, 0.5) is 5.69 Å². The van der Waals surface area contributed by atoms with Crippen molar-refractivity contribution >= 4 is 21.6 Å². The molecule has 0 radical (unpaired) electrons. The molecule has 1 N–H and O–H groups in total. The van der Waals surface area contributed by atoms with E-state index in [9.17, 15) is 5.11 Å². The number of halogens is 1. The molecule has 0 amide bonds. The van der Waals surface area contributed by atoms with E-state index in [4.69, 9.17) is 0 Å². The molecule has 0 spiro atoms. The van der Waals surface area contributed by atoms with Gasteiger partial charge in [0.1, 0.15) is 0 Å². The zero-order chi connectivity index (χ0) is 11.7. The predicted molar refractivity (Wildman–Crippen MR) is 70.7 cm³/mol. The van der Waals surface area contributed by atoms with Crippen LogP contribution < -0.4 is 4.90 Å². The van der Waals surface area contributed by atoms with Gasteiger partial charge in [-0.1, -0.05) is 22.0 Å². The lowest BCUT2D eigenvalue weighted by Gasteiger charge is -2.29. The zero-order valence-electron chi connectivity index (χ0n) is 9.78. The molecule has 0 bridgehead atoms. The predicted octanol–water partition coefficient (Wildman–Crippen LogP) is 3.18. The summed E-state index contributed by atoms with van der Waals surface area (Å²) in [7, 11) is 2.11. The lowest BCUT2D eigenvalue weighted by Crippen LogP contribution is -2.31. The van der Waals surface area contributed by atoms with Crippen LogP contribution in [-0.4, -0.2) is 18.2 Å². The third-order valence-electron chi connectivity index (χ3n) is 3.51. The Balaban J connectivity index is 2.26. The summed E-state index contributed by atoms with van der Waals surface area (Å²) in [6.45, 7) is 2.37. The standard InChI is InChI=1S/C13H18BrNO/c1-9(10-3-4-10)15(2)13-7-12(14)6-5-11(13)8-16/h5-7,9-10,16H,3-4,8H2,1-2H3. The van der Waals surface area contributed by atoms with Crippen molar-refractivity contribution in [1.82, 2.24) is 0 Å². The first-order valence-electron chi connectivity index (χ1n) is 5.75. The number of aliphatic hydroxyl groups excluding tert-OH is 1. The lowest BCUT2D eigenvalue weighted by atomic mass is 10.1. The first kappa shape index (κ1) is 11.9. The minimum atomic E-state index is 0.102. The highest BCUT2D eigenvalue weighted by Crippen LogP contribution is 2.37. The Morgan fingerprint density at radius 3 is 2.75 bits per heavy atom. The smallest absolute Gasteiger partial charge is 0.0702 e. The van der Waals surface area contributed by atoms with Gasteiger partial charge in [-0.15, -0.1) is 0 Å². The minimum Gasteiger partial charge on any atom is -0.392 e. The van der Waals surface area contributed by atoms with Crippen LogP contribution in [-0.2, 0) is 6.61 Å². The number of hydrogen-bond acceptors (Lipinski definition) is 2. The normalized spacial score (nSPS) is 17.2. The van der Waals surface area contributed by atoms with Gasteiger partial charge in [-0.3, -0.25) is 0 Å². The second-order valence-electron chi connectivity index (χ2n) is 4.62. The molecule has 16 heavy (non-hydrogen) atoms. The van der Waals surface area contributed by atoms with Crippen LogP contribution in [0.5, 0.6) is 0 Å². The molecule has 1 aromatic carbocycles. The van der Waals surface area contributed by atoms with Crippen LogP contribution in [0.3, 0.4) is 0 Å². The van der Waals surface area contributed by atoms with E-state index in [0.717, 1.165) is 21.6 Å². The van der Waals surface area contributed by atoms with Gasteiger partial charge in [0, 0.05) is 28.8 Å². The second-order valence-corrected chi connectivity index (χ2v) is 5.54. The average Bonchev–Trinajstić information content (AvgIpc) is 3.11. The summed E-state index contributed by atoms with van der Waals surface area (Å²) in [6.07, 6.45) is 2.68. The Morgan fingerprint density at radius 1 is 1.50 bits per heavy atom. The SMILES string of the molecule is CC(C1CC1)N(C)c1cc(Br)ccc1CO. The van der Waals surface area contributed by atoms with Crippen LogP contribution in [0.15, 0.2) is 22.7 Å². The summed E-state index contributed by atoms with van der Waals surface area (Å²) < 4.78 is 1.06. The fourth-order valence-corrected chi connectivity index (χ4v) is 2.46. The summed E-state index contributed by atoms with van der Waals surface area (Å²) in [5, 5.41) is 9.35. The number of aliphatic hydroxyl groups is 1. The summed E-state index contributed by atoms with van der Waals surface area (Å²) in [5.74, 6) is 0.829. The van der Waals surface area contributed by atoms with Crippen molar-refractivity contribution in [3.05, 3.63) is 28.2 Å². The quantitative estimate of drug-likeness (QED) is 0.918. The topological polar surface area (TPSA) is 23.5 Å². The van der Waals surface area contributed by atoms with E-state index in [-0.39, 0.29) is 6.61 Å². The molecule has 0 aliphatic heterocycles. The first-order chi connectivity index (χ1) is 7.63. The molecule has 1 aliphatic carbocycles. The van der Waals surface area contributed by atoms with Gasteiger partial charge >= 0.3 is 0 Å². The lowest BCUT2D eigenvalue weighted by molar-refractivity contribution is 0.282. The Morgan fingerprint density at radius 2 is 2.19 bits per heavy atom. The Bertz CT molecular complexity index is 376. The van der Waals surface area contributed by atoms with Crippen molar-refractivity contribution in [2.45, 2.75) is 32.4 Å². The molecule has 1 fully saturated rings. The van der Waals surface area contributed by atoms with Gasteiger partial charge in [-0.2, -0.15) is 0 Å². The zero-order valence-corrected chi connectivity index (χ0v) is 11.4. The summed E-state index contributed by atoms with van der Waals surface area (Å²) >= 11 is 3.49. The molecule has 0 saturated heterocycles. The highest BCUT2D eigenvalue weighted by molar-refractivity contribution is 9.10. The van der Waals surface area contributed by atoms with E-state index >= 15 is 0 Å². The molecular formula is C13H18BrNO. The average molecular weight is 284 g/mol. The Hall–Kier alpha value is -0.540. The maximum atomic E-state index is 9.35. The third kappa shape index (κ3) is 2.41. The molecule has 1 unspecified atom stereocenters. The van der Waals surface area contributed by atoms with Crippen molar-refractivity contribution in [3.8, 4) is 0 Å². The van der Waals surface area contributed by atoms with Gasteiger partial charge < -0.3 is 10.0 Å². The fourth-order valence-electron chi connectivity index (χ4n) is 2.11. The van der Waals surface area contributed by atoms with Gasteiger partial charge in [0.2, 0.25) is 0 Å². The minimum absolute atomic E-state index is 0.102. The summed E-state index contributed by atoms with van der Waals surface area (Å²) in [5.41, 5.74) is 2.13. The number of nitrogens with zero attached hydrogens (tertiary/aromatic N) is 1.